The predicted molar refractivity (Wildman–Crippen MR) is 33.5 cm³/mol. The molecular weight excluding hydrogens is 133 g/mol. The first kappa shape index (κ1) is 7.25. The van der Waals surface area contributed by atoms with Crippen LogP contribution in [0.25, 0.3) is 0 Å². The molecule has 0 bridgehead atoms. The van der Waals surface area contributed by atoms with Gasteiger partial charge in [0.15, 0.2) is 0 Å². The molecule has 0 aromatic carbocycles. The van der Waals surface area contributed by atoms with Gasteiger partial charge in [-0.1, -0.05) is 0 Å². The molecule has 0 fully saturated rings. The Balaban J connectivity index is 3.13. The van der Waals surface area contributed by atoms with Crippen molar-refractivity contribution in [2.75, 3.05) is 0 Å². The van der Waals surface area contributed by atoms with Crippen LogP contribution in [0.1, 0.15) is 13.3 Å². The minimum atomic E-state index is -0.405. The van der Waals surface area contributed by atoms with Crippen LogP contribution in [-0.2, 0) is 0 Å². The van der Waals surface area contributed by atoms with E-state index in [1.165, 1.54) is 0 Å². The zero-order valence-electron chi connectivity index (χ0n) is 4.04. The van der Waals surface area contributed by atoms with E-state index < -0.39 is 4.84 Å². The van der Waals surface area contributed by atoms with Crippen LogP contribution < -0.4 is 0 Å². The van der Waals surface area contributed by atoms with Crippen molar-refractivity contribution in [1.82, 2.24) is 0 Å². The van der Waals surface area contributed by atoms with E-state index in [0.29, 0.717) is 12.1 Å². The van der Waals surface area contributed by atoms with Gasteiger partial charge < -0.3 is 5.41 Å². The van der Waals surface area contributed by atoms with Gasteiger partial charge in [0.25, 0.3) is 0 Å². The molecule has 0 heterocycles. The minimum absolute atomic E-state index is 0.405. The molecule has 0 rings (SSSR count). The lowest BCUT2D eigenvalue weighted by Crippen LogP contribution is -1.94. The molecule has 3 heteroatoms. The van der Waals surface area contributed by atoms with E-state index in [4.69, 9.17) is 28.6 Å². The van der Waals surface area contributed by atoms with Crippen LogP contribution in [0, 0.1) is 5.41 Å². The zero-order chi connectivity index (χ0) is 5.86. The minimum Gasteiger partial charge on any atom is -0.310 e. The largest absolute Gasteiger partial charge is 0.310 e. The number of hydrogen-bond acceptors (Lipinski definition) is 1. The summed E-state index contributed by atoms with van der Waals surface area (Å²) >= 11 is 10.6. The molecule has 0 aliphatic carbocycles. The Morgan fingerprint density at radius 2 is 2.14 bits per heavy atom. The Morgan fingerprint density at radius 1 is 1.71 bits per heavy atom. The normalized spacial score (nSPS) is 9.71. The molecule has 0 aliphatic heterocycles. The zero-order valence-corrected chi connectivity index (χ0v) is 5.55. The molecule has 0 atom stereocenters. The maximum atomic E-state index is 6.86. The van der Waals surface area contributed by atoms with Gasteiger partial charge in [-0.25, -0.2) is 0 Å². The standard InChI is InChI=1S/C4H7Cl2N/c1-3(7)2-4(5)6/h4,7H,2H2,1H3. The van der Waals surface area contributed by atoms with Crippen LogP contribution in [0.15, 0.2) is 0 Å². The van der Waals surface area contributed by atoms with Gasteiger partial charge in [-0.2, -0.15) is 0 Å². The topological polar surface area (TPSA) is 23.9 Å². The van der Waals surface area contributed by atoms with Crippen LogP contribution >= 0.6 is 23.2 Å². The fraction of sp³-hybridized carbons (Fsp3) is 0.750. The summed E-state index contributed by atoms with van der Waals surface area (Å²) < 4.78 is 0. The molecule has 0 amide bonds. The maximum absolute atomic E-state index is 6.86. The molecule has 0 radical (unpaired) electrons. The fourth-order valence-corrected chi connectivity index (χ4v) is 0.694. The van der Waals surface area contributed by atoms with Crippen molar-refractivity contribution in [3.63, 3.8) is 0 Å². The molecule has 0 saturated heterocycles. The van der Waals surface area contributed by atoms with Crippen molar-refractivity contribution in [3.8, 4) is 0 Å². The van der Waals surface area contributed by atoms with Crippen LogP contribution in [0.3, 0.4) is 0 Å². The number of halogens is 2. The summed E-state index contributed by atoms with van der Waals surface area (Å²) in [5.41, 5.74) is 0.523. The van der Waals surface area contributed by atoms with E-state index in [1.54, 1.807) is 6.92 Å². The highest BCUT2D eigenvalue weighted by atomic mass is 35.5. The molecule has 0 aromatic rings. The van der Waals surface area contributed by atoms with Gasteiger partial charge in [0.1, 0.15) is 4.84 Å². The number of rotatable bonds is 2. The second-order valence-electron chi connectivity index (χ2n) is 1.38. The summed E-state index contributed by atoms with van der Waals surface area (Å²) in [6, 6.07) is 0. The van der Waals surface area contributed by atoms with Gasteiger partial charge in [-0.05, 0) is 6.92 Å². The highest BCUT2D eigenvalue weighted by Crippen LogP contribution is 2.06. The van der Waals surface area contributed by atoms with E-state index in [-0.39, 0.29) is 0 Å². The Hall–Kier alpha value is 0.250. The molecule has 0 aromatic heterocycles. The van der Waals surface area contributed by atoms with Gasteiger partial charge >= 0.3 is 0 Å². The number of nitrogens with one attached hydrogen (secondary N) is 1. The Bertz CT molecular complexity index is 70.1. The maximum Gasteiger partial charge on any atom is 0.113 e. The van der Waals surface area contributed by atoms with Gasteiger partial charge in [0, 0.05) is 12.1 Å². The summed E-state index contributed by atoms with van der Waals surface area (Å²) in [5, 5.41) is 6.86. The van der Waals surface area contributed by atoms with Crippen LogP contribution in [0.4, 0.5) is 0 Å². The Kier molecular flexibility index (Phi) is 3.39. The van der Waals surface area contributed by atoms with Crippen LogP contribution in [0.5, 0.6) is 0 Å². The molecule has 0 unspecified atom stereocenters. The highest BCUT2D eigenvalue weighted by molar-refractivity contribution is 6.45. The Labute approximate surface area is 53.1 Å². The van der Waals surface area contributed by atoms with Crippen molar-refractivity contribution in [2.24, 2.45) is 0 Å². The van der Waals surface area contributed by atoms with E-state index >= 15 is 0 Å². The van der Waals surface area contributed by atoms with Crippen LogP contribution in [-0.4, -0.2) is 10.5 Å². The second kappa shape index (κ2) is 3.28. The first-order chi connectivity index (χ1) is 3.13. The first-order valence-corrected chi connectivity index (χ1v) is 2.82. The van der Waals surface area contributed by atoms with Gasteiger partial charge in [0.05, 0.1) is 0 Å². The molecule has 0 saturated carbocycles. The molecule has 0 spiro atoms. The summed E-state index contributed by atoms with van der Waals surface area (Å²) in [6.45, 7) is 1.68. The second-order valence-corrected chi connectivity index (χ2v) is 2.65. The SMILES string of the molecule is CC(=N)CC(Cl)Cl. The average molecular weight is 140 g/mol. The van der Waals surface area contributed by atoms with Gasteiger partial charge in [-0.15, -0.1) is 23.2 Å². The van der Waals surface area contributed by atoms with Crippen molar-refractivity contribution in [1.29, 1.82) is 5.41 Å². The van der Waals surface area contributed by atoms with Crippen molar-refractivity contribution < 1.29 is 0 Å². The number of alkyl halides is 2. The smallest absolute Gasteiger partial charge is 0.113 e. The Morgan fingerprint density at radius 3 is 2.14 bits per heavy atom. The van der Waals surface area contributed by atoms with Gasteiger partial charge in [-0.3, -0.25) is 0 Å². The van der Waals surface area contributed by atoms with Crippen molar-refractivity contribution in [3.05, 3.63) is 0 Å². The van der Waals surface area contributed by atoms with E-state index in [0.717, 1.165) is 0 Å². The molecule has 42 valence electrons. The number of hydrogen-bond donors (Lipinski definition) is 1. The molecule has 7 heavy (non-hydrogen) atoms. The van der Waals surface area contributed by atoms with Crippen LogP contribution in [0.2, 0.25) is 0 Å². The third kappa shape index (κ3) is 6.25. The van der Waals surface area contributed by atoms with E-state index in [2.05, 4.69) is 0 Å². The quantitative estimate of drug-likeness (QED) is 0.449. The van der Waals surface area contributed by atoms with Crippen molar-refractivity contribution >= 4 is 28.9 Å². The van der Waals surface area contributed by atoms with Crippen molar-refractivity contribution in [2.45, 2.75) is 18.2 Å². The molecule has 1 nitrogen and oxygen atoms in total. The molecule has 1 N–H and O–H groups in total. The lowest BCUT2D eigenvalue weighted by molar-refractivity contribution is 1.17. The monoisotopic (exact) mass is 139 g/mol. The average Bonchev–Trinajstić information content (AvgIpc) is 1.27. The summed E-state index contributed by atoms with van der Waals surface area (Å²) in [4.78, 5) is -0.405. The lowest BCUT2D eigenvalue weighted by Gasteiger charge is -1.93. The summed E-state index contributed by atoms with van der Waals surface area (Å²) in [6.07, 6.45) is 0.475. The first-order valence-electron chi connectivity index (χ1n) is 1.95. The summed E-state index contributed by atoms with van der Waals surface area (Å²) in [5.74, 6) is 0. The third-order valence-electron chi connectivity index (χ3n) is 0.460. The molecular formula is C4H7Cl2N. The highest BCUT2D eigenvalue weighted by Gasteiger charge is 1.96. The van der Waals surface area contributed by atoms with E-state index in [9.17, 15) is 0 Å². The fourth-order valence-electron chi connectivity index (χ4n) is 0.231. The van der Waals surface area contributed by atoms with E-state index in [1.807, 2.05) is 0 Å². The van der Waals surface area contributed by atoms with Gasteiger partial charge in [0.2, 0.25) is 0 Å². The third-order valence-corrected chi connectivity index (χ3v) is 0.769. The lowest BCUT2D eigenvalue weighted by atomic mass is 10.3. The molecule has 0 aliphatic rings. The summed E-state index contributed by atoms with van der Waals surface area (Å²) in [7, 11) is 0. The predicted octanol–water partition coefficient (Wildman–Crippen LogP) is 2.22.